The number of hydrogen-bond acceptors (Lipinski definition) is 20. The van der Waals surface area contributed by atoms with E-state index in [-0.39, 0.29) is 0 Å². The molecule has 17 nitrogen and oxygen atoms in total. The summed E-state index contributed by atoms with van der Waals surface area (Å²) in [5.74, 6) is 3.66. The molecule has 0 amide bonds. The lowest BCUT2D eigenvalue weighted by Gasteiger charge is -2.12. The van der Waals surface area contributed by atoms with Crippen LogP contribution in [0.2, 0.25) is 0 Å². The van der Waals surface area contributed by atoms with Crippen molar-refractivity contribution in [3.8, 4) is 124 Å². The topological polar surface area (TPSA) is 219 Å². The number of aromatic nitrogens is 17. The van der Waals surface area contributed by atoms with Crippen molar-refractivity contribution in [1.82, 2.24) is 81.1 Å². The van der Waals surface area contributed by atoms with E-state index in [4.69, 9.17) is 54.2 Å². The van der Waals surface area contributed by atoms with Gasteiger partial charge in [0.1, 0.15) is 33.1 Å². The molecule has 20 heteroatoms. The molecule has 0 radical (unpaired) electrons. The Kier molecular flexibility index (Phi) is 18.7. The third-order valence-electron chi connectivity index (χ3n) is 22.6. The molecule has 10 aromatic heterocycles. The summed E-state index contributed by atoms with van der Waals surface area (Å²) in [7, 11) is 0. The highest BCUT2D eigenvalue weighted by Crippen LogP contribution is 2.43. The molecule has 0 saturated heterocycles. The summed E-state index contributed by atoms with van der Waals surface area (Å²) in [4.78, 5) is 54.7. The minimum atomic E-state index is 0.583. The summed E-state index contributed by atoms with van der Waals surface area (Å²) in [5, 5.41) is 11.7. The minimum absolute atomic E-state index is 0.583. The summed E-state index contributed by atoms with van der Waals surface area (Å²) >= 11 is 3.71. The largest absolute Gasteiger partial charge is 0.254 e. The molecule has 0 atom stereocenters. The van der Waals surface area contributed by atoms with Gasteiger partial charge in [0.25, 0.3) is 0 Å². The third kappa shape index (κ3) is 13.8. The Bertz CT molecular complexity index is 8410. The summed E-state index contributed by atoms with van der Waals surface area (Å²) < 4.78 is 27.5. The first-order valence-electron chi connectivity index (χ1n) is 40.6. The molecule has 125 heavy (non-hydrogen) atoms. The van der Waals surface area contributed by atoms with Crippen molar-refractivity contribution >= 4 is 155 Å². The predicted molar refractivity (Wildman–Crippen MR) is 508 cm³/mol. The van der Waals surface area contributed by atoms with Crippen molar-refractivity contribution in [2.24, 2.45) is 0 Å². The lowest BCUT2D eigenvalue weighted by molar-refractivity contribution is 1.07. The van der Waals surface area contributed by atoms with Crippen LogP contribution in [0.4, 0.5) is 0 Å². The quantitative estimate of drug-likeness (QED) is 0.110. The Morgan fingerprint density at radius 3 is 0.928 bits per heavy atom. The van der Waals surface area contributed by atoms with Crippen LogP contribution in [0, 0.1) is 0 Å². The fourth-order valence-electron chi connectivity index (χ4n) is 16.5. The van der Waals surface area contributed by atoms with Gasteiger partial charge >= 0.3 is 0 Å². The maximum atomic E-state index is 5.23. The number of benzene rings is 15. The standard InChI is InChI=1S/C40H24N6S.C34H20N6S.C31H17N5S/c1-4-10-25(11-5-1)26-16-18-29(19-17-26)39-42-38(28-14-8-3-9-15-28)43-40(44-39)30-20-21-31-34(24-30)41-36(27-12-6-2-7-13-27)32-22-23-33-37(35(31)32)46-47-45-33;1-4-10-21(11-5-1)30-26-18-19-27-31(40-41-39-27)29(26)25-17-16-24(20-28(25)35-30)34-37-32(22-12-6-2-7-13-22)36-33(38-34)23-14-8-3-9-15-23;1-2-6-25-22(5-1)27-23(14-16-26-31(27)36-37-35-26)28(34-25)20-9-7-18(8-10-20)24-15-13-21-12-11-19-4-3-17-32-29(19)30(21)33-24/h1-24H;1-20H;1-17H. The van der Waals surface area contributed by atoms with Gasteiger partial charge < -0.3 is 0 Å². The lowest BCUT2D eigenvalue weighted by atomic mass is 9.98. The molecular weight excluding hydrogens is 1600 g/mol. The zero-order valence-corrected chi connectivity index (χ0v) is 68.5. The molecule has 0 aliphatic heterocycles. The van der Waals surface area contributed by atoms with Gasteiger partial charge in [-0.15, -0.1) is 0 Å². The minimum Gasteiger partial charge on any atom is -0.254 e. The zero-order chi connectivity index (χ0) is 82.7. The van der Waals surface area contributed by atoms with Gasteiger partial charge in [0.15, 0.2) is 34.9 Å². The van der Waals surface area contributed by atoms with E-state index in [2.05, 4.69) is 209 Å². The summed E-state index contributed by atoms with van der Waals surface area (Å²) in [6.07, 6.45) is 1.82. The van der Waals surface area contributed by atoms with Crippen LogP contribution in [0.1, 0.15) is 0 Å². The summed E-state index contributed by atoms with van der Waals surface area (Å²) in [6, 6.07) is 123. The average molecular weight is 1660 g/mol. The maximum Gasteiger partial charge on any atom is 0.164 e. The van der Waals surface area contributed by atoms with Gasteiger partial charge in [-0.25, -0.2) is 49.8 Å². The van der Waals surface area contributed by atoms with E-state index in [1.54, 1.807) is 0 Å². The van der Waals surface area contributed by atoms with Crippen LogP contribution >= 0.6 is 35.2 Å². The molecule has 25 rings (SSSR count). The van der Waals surface area contributed by atoms with Gasteiger partial charge in [-0.1, -0.05) is 297 Å². The first-order valence-corrected chi connectivity index (χ1v) is 42.8. The maximum absolute atomic E-state index is 5.23. The molecule has 0 spiro atoms. The lowest BCUT2D eigenvalue weighted by Crippen LogP contribution is -2.00. The molecule has 0 N–H and O–H groups in total. The van der Waals surface area contributed by atoms with E-state index in [1.165, 1.54) is 35.2 Å². The van der Waals surface area contributed by atoms with E-state index in [9.17, 15) is 0 Å². The second kappa shape index (κ2) is 31.6. The number of fused-ring (bicyclic) bond motifs is 18. The molecule has 0 aliphatic rings. The van der Waals surface area contributed by atoms with Crippen LogP contribution in [0.5, 0.6) is 0 Å². The highest BCUT2D eigenvalue weighted by molar-refractivity contribution is 7.00. The van der Waals surface area contributed by atoms with Crippen LogP contribution in [0.3, 0.4) is 0 Å². The van der Waals surface area contributed by atoms with E-state index >= 15 is 0 Å². The van der Waals surface area contributed by atoms with Crippen molar-refractivity contribution in [1.29, 1.82) is 0 Å². The van der Waals surface area contributed by atoms with Crippen molar-refractivity contribution in [3.05, 3.63) is 370 Å². The normalized spacial score (nSPS) is 11.5. The smallest absolute Gasteiger partial charge is 0.164 e. The molecule has 25 aromatic rings. The number of pyridine rings is 5. The Labute approximate surface area is 725 Å². The van der Waals surface area contributed by atoms with Crippen LogP contribution in [0.15, 0.2) is 370 Å². The van der Waals surface area contributed by atoms with Gasteiger partial charge in [-0.2, -0.15) is 26.2 Å². The molecule has 0 bridgehead atoms. The Balaban J connectivity index is 0.000000109. The van der Waals surface area contributed by atoms with Crippen LogP contribution in [-0.4, -0.2) is 81.1 Å². The Hall–Kier alpha value is -16.4. The first kappa shape index (κ1) is 73.7. The van der Waals surface area contributed by atoms with E-state index in [0.717, 1.165) is 209 Å². The molecule has 0 aliphatic carbocycles. The van der Waals surface area contributed by atoms with E-state index in [0.29, 0.717) is 34.9 Å². The molecule has 15 aromatic carbocycles. The van der Waals surface area contributed by atoms with Gasteiger partial charge in [-0.3, -0.25) is 4.98 Å². The van der Waals surface area contributed by atoms with Gasteiger partial charge in [-0.05, 0) is 77.9 Å². The van der Waals surface area contributed by atoms with Crippen molar-refractivity contribution in [2.45, 2.75) is 0 Å². The van der Waals surface area contributed by atoms with E-state index in [1.807, 2.05) is 188 Å². The van der Waals surface area contributed by atoms with Crippen LogP contribution < -0.4 is 0 Å². The molecule has 0 unspecified atom stereocenters. The van der Waals surface area contributed by atoms with Gasteiger partial charge in [0.2, 0.25) is 0 Å². The number of para-hydroxylation sites is 1. The van der Waals surface area contributed by atoms with E-state index < -0.39 is 0 Å². The molecule has 10 heterocycles. The third-order valence-corrected chi connectivity index (χ3v) is 24.2. The van der Waals surface area contributed by atoms with Crippen molar-refractivity contribution in [2.75, 3.05) is 0 Å². The van der Waals surface area contributed by atoms with Crippen LogP contribution in [-0.2, 0) is 0 Å². The van der Waals surface area contributed by atoms with Gasteiger partial charge in [0.05, 0.1) is 85.5 Å². The number of hydrogen-bond donors (Lipinski definition) is 0. The summed E-state index contributed by atoms with van der Waals surface area (Å²) in [5.41, 5.74) is 25.5. The van der Waals surface area contributed by atoms with Gasteiger partial charge in [0, 0.05) is 121 Å². The average Bonchev–Trinajstić information content (AvgIpc) is 1.75. The number of nitrogens with zero attached hydrogens (tertiary/aromatic N) is 17. The summed E-state index contributed by atoms with van der Waals surface area (Å²) in [6.45, 7) is 0. The Morgan fingerprint density at radius 1 is 0.168 bits per heavy atom. The monoisotopic (exact) mass is 1660 g/mol. The van der Waals surface area contributed by atoms with Crippen LogP contribution in [0.25, 0.3) is 244 Å². The molecule has 584 valence electrons. The first-order chi connectivity index (χ1) is 61.9. The molecule has 0 fully saturated rings. The Morgan fingerprint density at radius 2 is 0.480 bits per heavy atom. The second-order valence-electron chi connectivity index (χ2n) is 30.1. The fraction of sp³-hybridized carbons (Fsp3) is 0. The molecular formula is C105H61N17S3. The van der Waals surface area contributed by atoms with Crippen molar-refractivity contribution < 1.29 is 0 Å². The number of rotatable bonds is 11. The zero-order valence-electron chi connectivity index (χ0n) is 66.0. The SMILES string of the molecule is c1ccc(-c2ccc(-c3nc(-c4ccccc4)nc(-c4ccc5c(c4)nc(-c4ccccc4)c4ccc6nsnc6c45)n3)cc2)cc1.c1ccc(-c2nc(-c3ccccc3)nc(-c3ccc4c(c3)nc(-c3ccccc3)c3ccc5nsnc5c34)n2)cc1.c1cnc2c(c1)ccc1ccc(-c3ccc(-c4nc5ccccc5c5c4ccc4nsnc45)cc3)nc12. The highest BCUT2D eigenvalue weighted by Gasteiger charge is 2.23. The highest BCUT2D eigenvalue weighted by atomic mass is 32.1. The van der Waals surface area contributed by atoms with Crippen molar-refractivity contribution in [3.63, 3.8) is 0 Å². The second-order valence-corrected chi connectivity index (χ2v) is 31.7. The molecule has 0 saturated carbocycles. The predicted octanol–water partition coefficient (Wildman–Crippen LogP) is 26.0. The fourth-order valence-corrected chi connectivity index (χ4v) is 18.1.